The molecule has 4 rings (SSSR count). The number of aromatic nitrogens is 3. The summed E-state index contributed by atoms with van der Waals surface area (Å²) in [5.41, 5.74) is 3.62. The van der Waals surface area contributed by atoms with Gasteiger partial charge in [-0.1, -0.05) is 23.7 Å². The Kier molecular flexibility index (Phi) is 3.96. The summed E-state index contributed by atoms with van der Waals surface area (Å²) >= 11 is 7.66. The molecule has 0 saturated carbocycles. The fourth-order valence-corrected chi connectivity index (χ4v) is 3.84. The van der Waals surface area contributed by atoms with Crippen molar-refractivity contribution in [2.75, 3.05) is 6.61 Å². The van der Waals surface area contributed by atoms with Gasteiger partial charge in [-0.25, -0.2) is 4.98 Å². The molecular weight excluding hydrogens is 342 g/mol. The zero-order valence-electron chi connectivity index (χ0n) is 12.9. The number of thiophene rings is 1. The number of nitrogens with zero attached hydrogens (tertiary/aromatic N) is 2. The maximum atomic E-state index is 6.12. The molecule has 6 heteroatoms. The van der Waals surface area contributed by atoms with E-state index in [4.69, 9.17) is 16.3 Å². The third-order valence-electron chi connectivity index (χ3n) is 3.75. The maximum Gasteiger partial charge on any atom is 0.182 e. The third kappa shape index (κ3) is 2.56. The van der Waals surface area contributed by atoms with Crippen LogP contribution in [0.5, 0.6) is 5.75 Å². The number of hydrogen-bond acceptors (Lipinski definition) is 4. The van der Waals surface area contributed by atoms with Gasteiger partial charge in [0.05, 0.1) is 22.0 Å². The van der Waals surface area contributed by atoms with Crippen LogP contribution in [0.3, 0.4) is 0 Å². The van der Waals surface area contributed by atoms with Crippen LogP contribution in [-0.2, 0) is 0 Å². The second-order valence-corrected chi connectivity index (χ2v) is 6.90. The summed E-state index contributed by atoms with van der Waals surface area (Å²) in [5, 5.41) is 8.47. The first kappa shape index (κ1) is 15.2. The van der Waals surface area contributed by atoms with Crippen LogP contribution in [0.1, 0.15) is 6.92 Å². The minimum absolute atomic E-state index is 0.606. The first-order valence-electron chi connectivity index (χ1n) is 7.59. The minimum Gasteiger partial charge on any atom is -0.493 e. The van der Waals surface area contributed by atoms with Gasteiger partial charge >= 0.3 is 0 Å². The van der Waals surface area contributed by atoms with E-state index in [1.165, 1.54) is 0 Å². The molecule has 0 aliphatic rings. The molecule has 120 valence electrons. The minimum atomic E-state index is 0.606. The summed E-state index contributed by atoms with van der Waals surface area (Å²) in [5.74, 6) is 0.824. The molecule has 24 heavy (non-hydrogen) atoms. The molecule has 0 bridgehead atoms. The van der Waals surface area contributed by atoms with Gasteiger partial charge in [0.25, 0.3) is 0 Å². The lowest BCUT2D eigenvalue weighted by Crippen LogP contribution is -1.94. The van der Waals surface area contributed by atoms with Crippen LogP contribution < -0.4 is 4.74 Å². The van der Waals surface area contributed by atoms with Crippen LogP contribution >= 0.6 is 22.9 Å². The molecule has 0 aliphatic heterocycles. The summed E-state index contributed by atoms with van der Waals surface area (Å²) in [6.45, 7) is 2.58. The molecule has 4 aromatic rings. The van der Waals surface area contributed by atoms with E-state index < -0.39 is 0 Å². The fourth-order valence-electron chi connectivity index (χ4n) is 2.76. The van der Waals surface area contributed by atoms with Gasteiger partial charge < -0.3 is 4.74 Å². The van der Waals surface area contributed by atoms with Gasteiger partial charge in [-0.05, 0) is 37.3 Å². The van der Waals surface area contributed by atoms with Crippen molar-refractivity contribution in [1.29, 1.82) is 0 Å². The Balaban J connectivity index is 1.98. The molecule has 0 radical (unpaired) electrons. The highest BCUT2D eigenvalue weighted by Crippen LogP contribution is 2.40. The van der Waals surface area contributed by atoms with Gasteiger partial charge in [0.1, 0.15) is 5.75 Å². The Morgan fingerprint density at radius 2 is 2.00 bits per heavy atom. The lowest BCUT2D eigenvalue weighted by Gasteiger charge is -2.09. The summed E-state index contributed by atoms with van der Waals surface area (Å²) in [6, 6.07) is 13.9. The molecule has 1 aromatic carbocycles. The number of H-pyrrole nitrogens is 1. The predicted octanol–water partition coefficient (Wildman–Crippen LogP) is 5.41. The number of rotatable bonds is 4. The molecule has 4 nitrogen and oxygen atoms in total. The molecular formula is C18H14ClN3OS. The highest BCUT2D eigenvalue weighted by atomic mass is 35.5. The molecule has 0 amide bonds. The number of fused-ring (bicyclic) bond motifs is 1. The van der Waals surface area contributed by atoms with Crippen molar-refractivity contribution in [3.8, 4) is 27.4 Å². The standard InChI is InChI=1S/C18H14ClN3OS/c1-2-23-13-6-4-3-5-11(13)17-16-12(14-7-8-15(19)24-14)9-10-20-18(16)22-21-17/h3-10H,2H2,1H3,(H,20,21,22). The van der Waals surface area contributed by atoms with E-state index in [-0.39, 0.29) is 0 Å². The number of aromatic amines is 1. The van der Waals surface area contributed by atoms with Crippen molar-refractivity contribution < 1.29 is 4.74 Å². The SMILES string of the molecule is CCOc1ccccc1-c1[nH]nc2nccc(-c3ccc(Cl)s3)c12. The third-order valence-corrected chi connectivity index (χ3v) is 5.01. The number of ether oxygens (including phenoxy) is 1. The quantitative estimate of drug-likeness (QED) is 0.532. The van der Waals surface area contributed by atoms with E-state index >= 15 is 0 Å². The predicted molar refractivity (Wildman–Crippen MR) is 98.8 cm³/mol. The van der Waals surface area contributed by atoms with Crippen molar-refractivity contribution >= 4 is 34.0 Å². The maximum absolute atomic E-state index is 6.12. The largest absolute Gasteiger partial charge is 0.493 e. The van der Waals surface area contributed by atoms with E-state index in [0.29, 0.717) is 12.3 Å². The number of halogens is 1. The van der Waals surface area contributed by atoms with Gasteiger partial charge in [0.2, 0.25) is 0 Å². The summed E-state index contributed by atoms with van der Waals surface area (Å²) in [6.07, 6.45) is 1.77. The number of benzene rings is 1. The summed E-state index contributed by atoms with van der Waals surface area (Å²) in [4.78, 5) is 5.47. The molecule has 3 heterocycles. The average Bonchev–Trinajstić information content (AvgIpc) is 3.22. The Morgan fingerprint density at radius 3 is 2.79 bits per heavy atom. The molecule has 0 spiro atoms. The first-order chi connectivity index (χ1) is 11.8. The summed E-state index contributed by atoms with van der Waals surface area (Å²) < 4.78 is 6.53. The van der Waals surface area contributed by atoms with Crippen molar-refractivity contribution in [2.45, 2.75) is 6.92 Å². The average molecular weight is 356 g/mol. The van der Waals surface area contributed by atoms with Gasteiger partial charge in [0, 0.05) is 22.2 Å². The lowest BCUT2D eigenvalue weighted by atomic mass is 10.0. The Labute approximate surface area is 148 Å². The van der Waals surface area contributed by atoms with Crippen molar-refractivity contribution in [1.82, 2.24) is 15.2 Å². The second-order valence-electron chi connectivity index (χ2n) is 5.19. The molecule has 0 unspecified atom stereocenters. The lowest BCUT2D eigenvalue weighted by molar-refractivity contribution is 0.341. The zero-order valence-corrected chi connectivity index (χ0v) is 14.5. The van der Waals surface area contributed by atoms with E-state index in [1.54, 1.807) is 17.5 Å². The van der Waals surface area contributed by atoms with Gasteiger partial charge in [-0.3, -0.25) is 5.10 Å². The van der Waals surface area contributed by atoms with Crippen LogP contribution in [0.2, 0.25) is 4.34 Å². The fraction of sp³-hybridized carbons (Fsp3) is 0.111. The molecule has 0 saturated heterocycles. The smallest absolute Gasteiger partial charge is 0.182 e. The number of hydrogen-bond donors (Lipinski definition) is 1. The number of pyridine rings is 1. The zero-order chi connectivity index (χ0) is 16.5. The van der Waals surface area contributed by atoms with Crippen molar-refractivity contribution in [3.63, 3.8) is 0 Å². The van der Waals surface area contributed by atoms with E-state index in [1.807, 2.05) is 49.4 Å². The number of nitrogens with one attached hydrogen (secondary N) is 1. The second kappa shape index (κ2) is 6.26. The molecule has 0 fully saturated rings. The van der Waals surface area contributed by atoms with Crippen LogP contribution in [0.4, 0.5) is 0 Å². The van der Waals surface area contributed by atoms with Gasteiger partial charge in [0.15, 0.2) is 5.65 Å². The van der Waals surface area contributed by atoms with Gasteiger partial charge in [-0.2, -0.15) is 5.10 Å². The normalized spacial score (nSPS) is 11.1. The first-order valence-corrected chi connectivity index (χ1v) is 8.78. The van der Waals surface area contributed by atoms with E-state index in [9.17, 15) is 0 Å². The highest BCUT2D eigenvalue weighted by Gasteiger charge is 2.17. The number of para-hydroxylation sites is 1. The van der Waals surface area contributed by atoms with Crippen molar-refractivity contribution in [2.24, 2.45) is 0 Å². The van der Waals surface area contributed by atoms with Crippen LogP contribution in [-0.4, -0.2) is 21.8 Å². The Morgan fingerprint density at radius 1 is 1.12 bits per heavy atom. The topological polar surface area (TPSA) is 50.8 Å². The Hall–Kier alpha value is -2.37. The van der Waals surface area contributed by atoms with Gasteiger partial charge in [-0.15, -0.1) is 11.3 Å². The Bertz CT molecular complexity index is 1010. The van der Waals surface area contributed by atoms with Crippen LogP contribution in [0.15, 0.2) is 48.7 Å². The van der Waals surface area contributed by atoms with Crippen LogP contribution in [0, 0.1) is 0 Å². The highest BCUT2D eigenvalue weighted by molar-refractivity contribution is 7.19. The molecule has 0 aliphatic carbocycles. The summed E-state index contributed by atoms with van der Waals surface area (Å²) in [7, 11) is 0. The van der Waals surface area contributed by atoms with E-state index in [0.717, 1.165) is 37.2 Å². The molecule has 1 N–H and O–H groups in total. The van der Waals surface area contributed by atoms with Crippen molar-refractivity contribution in [3.05, 3.63) is 53.0 Å². The van der Waals surface area contributed by atoms with E-state index in [2.05, 4.69) is 15.2 Å². The monoisotopic (exact) mass is 355 g/mol. The molecule has 0 atom stereocenters. The molecule has 3 aromatic heterocycles. The van der Waals surface area contributed by atoms with Crippen LogP contribution in [0.25, 0.3) is 32.7 Å².